The summed E-state index contributed by atoms with van der Waals surface area (Å²) in [6.07, 6.45) is 3.37. The van der Waals surface area contributed by atoms with Gasteiger partial charge in [0.1, 0.15) is 18.0 Å². The van der Waals surface area contributed by atoms with Crippen molar-refractivity contribution in [1.82, 2.24) is 15.2 Å². The molecule has 142 valence electrons. The molecular weight excluding hydrogens is 348 g/mol. The Balaban J connectivity index is 1.62. The van der Waals surface area contributed by atoms with Crippen LogP contribution >= 0.6 is 0 Å². The number of carbonyl (C=O) groups is 2. The third kappa shape index (κ3) is 4.28. The van der Waals surface area contributed by atoms with E-state index in [0.29, 0.717) is 36.8 Å². The first-order valence-electron chi connectivity index (χ1n) is 8.56. The number of ether oxygens (including phenoxy) is 2. The first kappa shape index (κ1) is 18.5. The van der Waals surface area contributed by atoms with Gasteiger partial charge in [0.15, 0.2) is 0 Å². The van der Waals surface area contributed by atoms with Crippen molar-refractivity contribution in [1.29, 1.82) is 0 Å². The Hall–Kier alpha value is -3.29. The van der Waals surface area contributed by atoms with Crippen LogP contribution in [0.2, 0.25) is 0 Å². The molecule has 1 N–H and O–H groups in total. The molecule has 0 atom stereocenters. The smallest absolute Gasteiger partial charge is 0.325 e. The fraction of sp³-hybridized carbons (Fsp3) is 0.316. The zero-order valence-electron chi connectivity index (χ0n) is 15.3. The van der Waals surface area contributed by atoms with E-state index in [0.717, 1.165) is 5.56 Å². The van der Waals surface area contributed by atoms with Crippen LogP contribution in [0.3, 0.4) is 0 Å². The maximum Gasteiger partial charge on any atom is 0.325 e. The van der Waals surface area contributed by atoms with Crippen molar-refractivity contribution in [3.05, 3.63) is 48.3 Å². The highest BCUT2D eigenvalue weighted by Crippen LogP contribution is 2.34. The second kappa shape index (κ2) is 8.39. The normalized spacial score (nSPS) is 13.6. The Morgan fingerprint density at radius 3 is 2.78 bits per heavy atom. The van der Waals surface area contributed by atoms with Crippen LogP contribution in [0.4, 0.5) is 10.5 Å². The van der Waals surface area contributed by atoms with Crippen LogP contribution in [-0.4, -0.2) is 55.7 Å². The third-order valence-corrected chi connectivity index (χ3v) is 4.32. The summed E-state index contributed by atoms with van der Waals surface area (Å²) in [5.41, 5.74) is 1.53. The van der Waals surface area contributed by atoms with Gasteiger partial charge in [0, 0.05) is 38.1 Å². The summed E-state index contributed by atoms with van der Waals surface area (Å²) in [5, 5.41) is 2.81. The Morgan fingerprint density at radius 2 is 2.07 bits per heavy atom. The Labute approximate surface area is 157 Å². The van der Waals surface area contributed by atoms with Gasteiger partial charge in [0.05, 0.1) is 19.9 Å². The number of urea groups is 1. The van der Waals surface area contributed by atoms with Gasteiger partial charge in [-0.25, -0.2) is 4.79 Å². The number of amides is 3. The second-order valence-electron chi connectivity index (χ2n) is 6.03. The van der Waals surface area contributed by atoms with E-state index in [1.165, 1.54) is 4.90 Å². The Kier molecular flexibility index (Phi) is 5.75. The molecule has 0 aliphatic carbocycles. The van der Waals surface area contributed by atoms with Crippen molar-refractivity contribution in [3.63, 3.8) is 0 Å². The van der Waals surface area contributed by atoms with Gasteiger partial charge >= 0.3 is 6.03 Å². The SMILES string of the molecule is COc1ccc(OC)c(N2CCN(CC(=O)NCc3cccnc3)C2=O)c1. The summed E-state index contributed by atoms with van der Waals surface area (Å²) >= 11 is 0. The van der Waals surface area contributed by atoms with Crippen molar-refractivity contribution < 1.29 is 19.1 Å². The Bertz CT molecular complexity index is 813. The lowest BCUT2D eigenvalue weighted by Crippen LogP contribution is -2.39. The number of rotatable bonds is 7. The van der Waals surface area contributed by atoms with Crippen molar-refractivity contribution in [2.45, 2.75) is 6.54 Å². The topological polar surface area (TPSA) is 84.0 Å². The molecule has 8 nitrogen and oxygen atoms in total. The van der Waals surface area contributed by atoms with E-state index in [9.17, 15) is 9.59 Å². The van der Waals surface area contributed by atoms with Crippen molar-refractivity contribution >= 4 is 17.6 Å². The van der Waals surface area contributed by atoms with Gasteiger partial charge in [0.25, 0.3) is 0 Å². The number of nitrogens with zero attached hydrogens (tertiary/aromatic N) is 3. The molecule has 1 aromatic heterocycles. The molecule has 0 spiro atoms. The quantitative estimate of drug-likeness (QED) is 0.801. The van der Waals surface area contributed by atoms with Crippen LogP contribution in [-0.2, 0) is 11.3 Å². The molecule has 1 aliphatic heterocycles. The van der Waals surface area contributed by atoms with Crippen LogP contribution < -0.4 is 19.7 Å². The number of methoxy groups -OCH3 is 2. The zero-order valence-corrected chi connectivity index (χ0v) is 15.3. The minimum atomic E-state index is -0.238. The van der Waals surface area contributed by atoms with Gasteiger partial charge in [-0.2, -0.15) is 0 Å². The number of hydrogen-bond acceptors (Lipinski definition) is 5. The first-order valence-corrected chi connectivity index (χ1v) is 8.56. The molecule has 1 aromatic carbocycles. The number of nitrogens with one attached hydrogen (secondary N) is 1. The van der Waals surface area contributed by atoms with E-state index in [-0.39, 0.29) is 18.5 Å². The molecule has 0 radical (unpaired) electrons. The third-order valence-electron chi connectivity index (χ3n) is 4.32. The van der Waals surface area contributed by atoms with E-state index < -0.39 is 0 Å². The number of carbonyl (C=O) groups excluding carboxylic acids is 2. The highest BCUT2D eigenvalue weighted by Gasteiger charge is 2.32. The summed E-state index contributed by atoms with van der Waals surface area (Å²) in [4.78, 5) is 32.1. The summed E-state index contributed by atoms with van der Waals surface area (Å²) in [6.45, 7) is 1.31. The number of pyridine rings is 1. The molecule has 3 rings (SSSR count). The van der Waals surface area contributed by atoms with Gasteiger partial charge in [0.2, 0.25) is 5.91 Å². The van der Waals surface area contributed by atoms with Crippen LogP contribution in [0.1, 0.15) is 5.56 Å². The van der Waals surface area contributed by atoms with Crippen molar-refractivity contribution in [2.24, 2.45) is 0 Å². The van der Waals surface area contributed by atoms with Gasteiger partial charge < -0.3 is 19.7 Å². The van der Waals surface area contributed by atoms with Crippen LogP contribution in [0.15, 0.2) is 42.7 Å². The van der Waals surface area contributed by atoms with Crippen molar-refractivity contribution in [3.8, 4) is 11.5 Å². The lowest BCUT2D eigenvalue weighted by molar-refractivity contribution is -0.121. The first-order chi connectivity index (χ1) is 13.1. The molecule has 0 bridgehead atoms. The second-order valence-corrected chi connectivity index (χ2v) is 6.03. The molecule has 0 saturated carbocycles. The average Bonchev–Trinajstić information content (AvgIpc) is 3.06. The highest BCUT2D eigenvalue weighted by molar-refractivity contribution is 5.97. The predicted octanol–water partition coefficient (Wildman–Crippen LogP) is 1.66. The number of benzene rings is 1. The monoisotopic (exact) mass is 370 g/mol. The average molecular weight is 370 g/mol. The standard InChI is InChI=1S/C19H22N4O4/c1-26-15-5-6-17(27-2)16(10-15)23-9-8-22(19(23)25)13-18(24)21-12-14-4-3-7-20-11-14/h3-7,10-11H,8-9,12-13H2,1-2H3,(H,21,24). The molecule has 1 saturated heterocycles. The molecular formula is C19H22N4O4. The fourth-order valence-electron chi connectivity index (χ4n) is 2.89. The number of anilines is 1. The van der Waals surface area contributed by atoms with E-state index in [2.05, 4.69) is 10.3 Å². The summed E-state index contributed by atoms with van der Waals surface area (Å²) in [5.74, 6) is 0.991. The molecule has 27 heavy (non-hydrogen) atoms. The highest BCUT2D eigenvalue weighted by atomic mass is 16.5. The summed E-state index contributed by atoms with van der Waals surface area (Å²) in [7, 11) is 3.12. The van der Waals surface area contributed by atoms with E-state index >= 15 is 0 Å². The zero-order chi connectivity index (χ0) is 19.2. The molecule has 1 aliphatic rings. The van der Waals surface area contributed by atoms with E-state index in [1.54, 1.807) is 49.7 Å². The lowest BCUT2D eigenvalue weighted by Gasteiger charge is -2.21. The van der Waals surface area contributed by atoms with Crippen LogP contribution in [0.5, 0.6) is 11.5 Å². The molecule has 1 fully saturated rings. The van der Waals surface area contributed by atoms with Gasteiger partial charge in [-0.15, -0.1) is 0 Å². The molecule has 3 amide bonds. The van der Waals surface area contributed by atoms with Crippen molar-refractivity contribution in [2.75, 3.05) is 38.8 Å². The minimum Gasteiger partial charge on any atom is -0.497 e. The fourth-order valence-corrected chi connectivity index (χ4v) is 2.89. The predicted molar refractivity (Wildman–Crippen MR) is 99.9 cm³/mol. The largest absolute Gasteiger partial charge is 0.497 e. The summed E-state index contributed by atoms with van der Waals surface area (Å²) < 4.78 is 10.6. The van der Waals surface area contributed by atoms with Gasteiger partial charge in [-0.1, -0.05) is 6.07 Å². The molecule has 2 aromatic rings. The maximum absolute atomic E-state index is 12.7. The van der Waals surface area contributed by atoms with Crippen LogP contribution in [0.25, 0.3) is 0 Å². The van der Waals surface area contributed by atoms with E-state index in [4.69, 9.17) is 9.47 Å². The van der Waals surface area contributed by atoms with Gasteiger partial charge in [-0.3, -0.25) is 14.7 Å². The molecule has 0 unspecified atom stereocenters. The number of aromatic nitrogens is 1. The molecule has 2 heterocycles. The van der Waals surface area contributed by atoms with E-state index in [1.807, 2.05) is 12.1 Å². The maximum atomic E-state index is 12.7. The Morgan fingerprint density at radius 1 is 1.22 bits per heavy atom. The molecule has 8 heteroatoms. The lowest BCUT2D eigenvalue weighted by atomic mass is 10.2. The number of hydrogen-bond donors (Lipinski definition) is 1. The minimum absolute atomic E-state index is 0.00186. The van der Waals surface area contributed by atoms with Crippen LogP contribution in [0, 0.1) is 0 Å². The summed E-state index contributed by atoms with van der Waals surface area (Å²) in [6, 6.07) is 8.73. The van der Waals surface area contributed by atoms with Gasteiger partial charge in [-0.05, 0) is 23.8 Å².